The molecule has 0 unspecified atom stereocenters. The Balaban J connectivity index is 1.48. The first-order valence-corrected chi connectivity index (χ1v) is 7.81. The molecule has 3 rings (SSSR count). The normalized spacial score (nSPS) is 17.9. The highest BCUT2D eigenvalue weighted by atomic mass is 16.5. The molecule has 1 aromatic heterocycles. The second-order valence-corrected chi connectivity index (χ2v) is 5.93. The van der Waals surface area contributed by atoms with Crippen LogP contribution >= 0.6 is 0 Å². The standard InChI is InChI=1S/C17H24N4O/c1-20-13-19-11-16(20)10-18-9-14-6-7-21(12-14)15-4-3-5-17(8-15)22-2/h3-5,8,11,13-14,18H,6-7,9-10,12H2,1-2H3/t14-/m0/s1. The number of hydrogen-bond acceptors (Lipinski definition) is 4. The highest BCUT2D eigenvalue weighted by molar-refractivity contribution is 5.51. The fourth-order valence-corrected chi connectivity index (χ4v) is 3.00. The van der Waals surface area contributed by atoms with Crippen molar-refractivity contribution in [1.82, 2.24) is 14.9 Å². The Morgan fingerprint density at radius 1 is 1.41 bits per heavy atom. The van der Waals surface area contributed by atoms with Crippen molar-refractivity contribution in [2.45, 2.75) is 13.0 Å². The number of benzene rings is 1. The molecular formula is C17H24N4O. The Morgan fingerprint density at radius 3 is 3.09 bits per heavy atom. The number of imidazole rings is 1. The van der Waals surface area contributed by atoms with Gasteiger partial charge >= 0.3 is 0 Å². The van der Waals surface area contributed by atoms with Gasteiger partial charge in [-0.1, -0.05) is 6.07 Å². The first-order valence-electron chi connectivity index (χ1n) is 7.81. The summed E-state index contributed by atoms with van der Waals surface area (Å²) in [7, 11) is 3.75. The van der Waals surface area contributed by atoms with Gasteiger partial charge in [0, 0.05) is 51.2 Å². The lowest BCUT2D eigenvalue weighted by Gasteiger charge is -2.19. The van der Waals surface area contributed by atoms with Crippen LogP contribution in [0.2, 0.25) is 0 Å². The van der Waals surface area contributed by atoms with Gasteiger partial charge in [0.25, 0.3) is 0 Å². The van der Waals surface area contributed by atoms with Gasteiger partial charge < -0.3 is 19.5 Å². The fourth-order valence-electron chi connectivity index (χ4n) is 3.00. The zero-order valence-corrected chi connectivity index (χ0v) is 13.3. The van der Waals surface area contributed by atoms with Crippen molar-refractivity contribution < 1.29 is 4.74 Å². The van der Waals surface area contributed by atoms with Crippen molar-refractivity contribution >= 4 is 5.69 Å². The minimum Gasteiger partial charge on any atom is -0.497 e. The smallest absolute Gasteiger partial charge is 0.120 e. The molecule has 2 aromatic rings. The Hall–Kier alpha value is -2.01. The van der Waals surface area contributed by atoms with Crippen LogP contribution in [-0.2, 0) is 13.6 Å². The van der Waals surface area contributed by atoms with E-state index in [0.29, 0.717) is 5.92 Å². The maximum atomic E-state index is 5.31. The monoisotopic (exact) mass is 300 g/mol. The number of methoxy groups -OCH3 is 1. The summed E-state index contributed by atoms with van der Waals surface area (Å²) < 4.78 is 7.37. The summed E-state index contributed by atoms with van der Waals surface area (Å²) in [5.41, 5.74) is 2.48. The molecule has 1 aliphatic rings. The molecule has 0 spiro atoms. The van der Waals surface area contributed by atoms with Crippen LogP contribution in [0.5, 0.6) is 5.75 Å². The Bertz CT molecular complexity index is 610. The fraction of sp³-hybridized carbons (Fsp3) is 0.471. The first-order chi connectivity index (χ1) is 10.8. The number of aromatic nitrogens is 2. The van der Waals surface area contributed by atoms with E-state index < -0.39 is 0 Å². The largest absolute Gasteiger partial charge is 0.497 e. The Labute approximate surface area is 131 Å². The van der Waals surface area contributed by atoms with Gasteiger partial charge in [0.1, 0.15) is 5.75 Å². The zero-order chi connectivity index (χ0) is 15.4. The van der Waals surface area contributed by atoms with Crippen LogP contribution in [0.1, 0.15) is 12.1 Å². The lowest BCUT2D eigenvalue weighted by atomic mass is 10.1. The number of anilines is 1. The van der Waals surface area contributed by atoms with Crippen molar-refractivity contribution in [3.05, 3.63) is 42.5 Å². The summed E-state index contributed by atoms with van der Waals surface area (Å²) in [4.78, 5) is 6.59. The van der Waals surface area contributed by atoms with Crippen molar-refractivity contribution in [3.63, 3.8) is 0 Å². The number of aryl methyl sites for hydroxylation is 1. The van der Waals surface area contributed by atoms with E-state index in [1.165, 1.54) is 17.8 Å². The predicted molar refractivity (Wildman–Crippen MR) is 88.2 cm³/mol. The summed E-state index contributed by atoms with van der Waals surface area (Å²) in [6, 6.07) is 8.33. The van der Waals surface area contributed by atoms with Crippen molar-refractivity contribution in [3.8, 4) is 5.75 Å². The van der Waals surface area contributed by atoms with Crippen LogP contribution in [0.25, 0.3) is 0 Å². The van der Waals surface area contributed by atoms with E-state index >= 15 is 0 Å². The van der Waals surface area contributed by atoms with Gasteiger partial charge in [-0.25, -0.2) is 4.98 Å². The van der Waals surface area contributed by atoms with Crippen LogP contribution < -0.4 is 15.0 Å². The van der Waals surface area contributed by atoms with E-state index in [-0.39, 0.29) is 0 Å². The van der Waals surface area contributed by atoms with Crippen LogP contribution in [0, 0.1) is 5.92 Å². The lowest BCUT2D eigenvalue weighted by Crippen LogP contribution is -2.26. The number of hydrogen-bond donors (Lipinski definition) is 1. The van der Waals surface area contributed by atoms with E-state index in [4.69, 9.17) is 4.74 Å². The molecule has 1 fully saturated rings. The van der Waals surface area contributed by atoms with Gasteiger partial charge in [-0.3, -0.25) is 0 Å². The third-order valence-corrected chi connectivity index (χ3v) is 4.36. The highest BCUT2D eigenvalue weighted by Crippen LogP contribution is 2.26. The summed E-state index contributed by atoms with van der Waals surface area (Å²) in [5.74, 6) is 1.62. The number of nitrogens with zero attached hydrogens (tertiary/aromatic N) is 3. The van der Waals surface area contributed by atoms with Gasteiger partial charge in [0.15, 0.2) is 0 Å². The quantitative estimate of drug-likeness (QED) is 0.886. The van der Waals surface area contributed by atoms with Gasteiger partial charge in [-0.05, 0) is 24.5 Å². The van der Waals surface area contributed by atoms with Gasteiger partial charge in [0.05, 0.1) is 19.1 Å². The number of rotatable bonds is 6. The molecule has 0 saturated carbocycles. The molecule has 0 aliphatic carbocycles. The molecule has 1 atom stereocenters. The highest BCUT2D eigenvalue weighted by Gasteiger charge is 2.22. The van der Waals surface area contributed by atoms with E-state index in [9.17, 15) is 0 Å². The van der Waals surface area contributed by atoms with Crippen molar-refractivity contribution in [2.75, 3.05) is 31.6 Å². The van der Waals surface area contributed by atoms with Crippen molar-refractivity contribution in [2.24, 2.45) is 13.0 Å². The zero-order valence-electron chi connectivity index (χ0n) is 13.3. The van der Waals surface area contributed by atoms with E-state index in [1.54, 1.807) is 7.11 Å². The molecule has 22 heavy (non-hydrogen) atoms. The molecule has 0 bridgehead atoms. The molecular weight excluding hydrogens is 276 g/mol. The molecule has 0 amide bonds. The first kappa shape index (κ1) is 14.9. The summed E-state index contributed by atoms with van der Waals surface area (Å²) in [6.07, 6.45) is 5.00. The van der Waals surface area contributed by atoms with Gasteiger partial charge in [-0.2, -0.15) is 0 Å². The molecule has 1 N–H and O–H groups in total. The van der Waals surface area contributed by atoms with E-state index in [1.807, 2.05) is 25.6 Å². The van der Waals surface area contributed by atoms with Crippen LogP contribution in [0.4, 0.5) is 5.69 Å². The molecule has 5 heteroatoms. The van der Waals surface area contributed by atoms with Crippen LogP contribution in [-0.4, -0.2) is 36.3 Å². The van der Waals surface area contributed by atoms with Gasteiger partial charge in [0.2, 0.25) is 0 Å². The van der Waals surface area contributed by atoms with Crippen LogP contribution in [0.3, 0.4) is 0 Å². The molecule has 1 saturated heterocycles. The average molecular weight is 300 g/mol. The number of ether oxygens (including phenoxy) is 1. The molecule has 5 nitrogen and oxygen atoms in total. The lowest BCUT2D eigenvalue weighted by molar-refractivity contribution is 0.415. The summed E-state index contributed by atoms with van der Waals surface area (Å²) >= 11 is 0. The molecule has 0 radical (unpaired) electrons. The molecule has 2 heterocycles. The second-order valence-electron chi connectivity index (χ2n) is 5.93. The topological polar surface area (TPSA) is 42.3 Å². The van der Waals surface area contributed by atoms with Gasteiger partial charge in [-0.15, -0.1) is 0 Å². The minimum absolute atomic E-state index is 0.694. The van der Waals surface area contributed by atoms with E-state index in [2.05, 4.69) is 38.0 Å². The Kier molecular flexibility index (Phi) is 4.63. The third kappa shape index (κ3) is 3.42. The maximum Gasteiger partial charge on any atom is 0.120 e. The predicted octanol–water partition coefficient (Wildman–Crippen LogP) is 2.04. The molecule has 1 aromatic carbocycles. The molecule has 118 valence electrons. The molecule has 1 aliphatic heterocycles. The average Bonchev–Trinajstić information content (AvgIpc) is 3.17. The van der Waals surface area contributed by atoms with Crippen molar-refractivity contribution in [1.29, 1.82) is 0 Å². The Morgan fingerprint density at radius 2 is 2.32 bits per heavy atom. The minimum atomic E-state index is 0.694. The SMILES string of the molecule is COc1cccc(N2CC[C@@H](CNCc3cncn3C)C2)c1. The number of nitrogens with one attached hydrogen (secondary N) is 1. The summed E-state index contributed by atoms with van der Waals surface area (Å²) in [5, 5.41) is 3.55. The maximum absolute atomic E-state index is 5.31. The second kappa shape index (κ2) is 6.83. The third-order valence-electron chi connectivity index (χ3n) is 4.36. The summed E-state index contributed by atoms with van der Waals surface area (Å²) in [6.45, 7) is 4.15. The van der Waals surface area contributed by atoms with Crippen LogP contribution in [0.15, 0.2) is 36.8 Å². The van der Waals surface area contributed by atoms with E-state index in [0.717, 1.165) is 31.9 Å².